The van der Waals surface area contributed by atoms with E-state index in [2.05, 4.69) is 5.32 Å². The van der Waals surface area contributed by atoms with Crippen LogP contribution in [0.15, 0.2) is 36.4 Å². The zero-order valence-corrected chi connectivity index (χ0v) is 13.8. The number of benzene rings is 2. The van der Waals surface area contributed by atoms with Gasteiger partial charge in [0.15, 0.2) is 0 Å². The Balaban J connectivity index is 2.26. The number of hydrogen-bond donors (Lipinski definition) is 1. The summed E-state index contributed by atoms with van der Waals surface area (Å²) in [7, 11) is 0. The first-order valence-electron chi connectivity index (χ1n) is 7.11. The fourth-order valence-electron chi connectivity index (χ4n) is 2.24. The summed E-state index contributed by atoms with van der Waals surface area (Å²) < 4.78 is 0. The normalized spacial score (nSPS) is 11.8. The molecule has 23 heavy (non-hydrogen) atoms. The number of carbonyl (C=O) groups is 1. The number of nitrogens with zero attached hydrogens (tertiary/aromatic N) is 1. The van der Waals surface area contributed by atoms with Crippen LogP contribution in [0.25, 0.3) is 0 Å². The Morgan fingerprint density at radius 2 is 1.87 bits per heavy atom. The molecule has 0 aliphatic heterocycles. The first kappa shape index (κ1) is 17.0. The van der Waals surface area contributed by atoms with E-state index in [4.69, 9.17) is 11.6 Å². The van der Waals surface area contributed by atoms with Crippen molar-refractivity contribution >= 4 is 23.2 Å². The number of rotatable bonds is 4. The van der Waals surface area contributed by atoms with E-state index in [-0.39, 0.29) is 22.3 Å². The van der Waals surface area contributed by atoms with Gasteiger partial charge < -0.3 is 5.32 Å². The van der Waals surface area contributed by atoms with Crippen molar-refractivity contribution in [2.45, 2.75) is 26.8 Å². The topological polar surface area (TPSA) is 72.2 Å². The summed E-state index contributed by atoms with van der Waals surface area (Å²) in [5.74, 6) is -0.523. The molecule has 0 fully saturated rings. The molecule has 2 aromatic carbocycles. The highest BCUT2D eigenvalue weighted by Crippen LogP contribution is 2.24. The molecule has 0 aliphatic carbocycles. The van der Waals surface area contributed by atoms with Crippen molar-refractivity contribution in [2.75, 3.05) is 0 Å². The molecule has 1 N–H and O–H groups in total. The number of nitro groups is 1. The molecule has 0 unspecified atom stereocenters. The van der Waals surface area contributed by atoms with Gasteiger partial charge in [-0.2, -0.15) is 0 Å². The Morgan fingerprint density at radius 1 is 1.17 bits per heavy atom. The first-order valence-corrected chi connectivity index (χ1v) is 7.49. The lowest BCUT2D eigenvalue weighted by Gasteiger charge is -2.16. The molecule has 1 atom stereocenters. The molecular formula is C17H17ClN2O3. The maximum atomic E-state index is 12.4. The van der Waals surface area contributed by atoms with Crippen LogP contribution in [0, 0.1) is 24.0 Å². The van der Waals surface area contributed by atoms with Gasteiger partial charge in [-0.05, 0) is 49.6 Å². The second-order valence-corrected chi connectivity index (χ2v) is 5.89. The van der Waals surface area contributed by atoms with Crippen molar-refractivity contribution < 1.29 is 9.72 Å². The summed E-state index contributed by atoms with van der Waals surface area (Å²) in [6.07, 6.45) is 0. The lowest BCUT2D eigenvalue weighted by molar-refractivity contribution is -0.385. The van der Waals surface area contributed by atoms with E-state index in [1.54, 1.807) is 0 Å². The van der Waals surface area contributed by atoms with Gasteiger partial charge in [-0.3, -0.25) is 14.9 Å². The smallest absolute Gasteiger partial charge is 0.282 e. The summed E-state index contributed by atoms with van der Waals surface area (Å²) in [5, 5.41) is 14.1. The average molecular weight is 333 g/mol. The quantitative estimate of drug-likeness (QED) is 0.668. The van der Waals surface area contributed by atoms with Crippen molar-refractivity contribution in [3.05, 3.63) is 73.8 Å². The maximum absolute atomic E-state index is 12.4. The monoisotopic (exact) mass is 332 g/mol. The fraction of sp³-hybridized carbons (Fsp3) is 0.235. The van der Waals surface area contributed by atoms with Crippen LogP contribution < -0.4 is 5.32 Å². The Bertz CT molecular complexity index is 774. The van der Waals surface area contributed by atoms with Gasteiger partial charge in [0.05, 0.1) is 11.0 Å². The molecule has 0 saturated carbocycles. The number of amides is 1. The van der Waals surface area contributed by atoms with Gasteiger partial charge in [0.1, 0.15) is 5.56 Å². The van der Waals surface area contributed by atoms with Crippen molar-refractivity contribution in [3.63, 3.8) is 0 Å². The predicted octanol–water partition coefficient (Wildman–Crippen LogP) is 4.36. The molecule has 0 heterocycles. The summed E-state index contributed by atoms with van der Waals surface area (Å²) >= 11 is 5.85. The molecule has 0 aliphatic rings. The molecule has 5 nitrogen and oxygen atoms in total. The summed E-state index contributed by atoms with van der Waals surface area (Å²) in [5.41, 5.74) is 2.92. The molecule has 0 saturated heterocycles. The molecule has 2 aromatic rings. The Morgan fingerprint density at radius 3 is 2.48 bits per heavy atom. The third kappa shape index (κ3) is 3.87. The van der Waals surface area contributed by atoms with E-state index in [9.17, 15) is 14.9 Å². The number of carbonyl (C=O) groups excluding carboxylic acids is 1. The molecule has 0 bridgehead atoms. The van der Waals surface area contributed by atoms with Crippen LogP contribution in [0.4, 0.5) is 5.69 Å². The summed E-state index contributed by atoms with van der Waals surface area (Å²) in [6.45, 7) is 5.84. The van der Waals surface area contributed by atoms with Crippen LogP contribution in [0.2, 0.25) is 5.02 Å². The Kier molecular flexibility index (Phi) is 5.01. The lowest BCUT2D eigenvalue weighted by Crippen LogP contribution is -2.27. The minimum Gasteiger partial charge on any atom is -0.345 e. The molecule has 0 radical (unpaired) electrons. The van der Waals surface area contributed by atoms with Crippen LogP contribution in [-0.2, 0) is 0 Å². The number of aryl methyl sites for hydroxylation is 2. The molecule has 0 spiro atoms. The molecule has 6 heteroatoms. The molecule has 120 valence electrons. The second kappa shape index (κ2) is 6.79. The van der Waals surface area contributed by atoms with Gasteiger partial charge in [-0.25, -0.2) is 0 Å². The van der Waals surface area contributed by atoms with Gasteiger partial charge in [0.2, 0.25) is 0 Å². The number of hydrogen-bond acceptors (Lipinski definition) is 3. The van der Waals surface area contributed by atoms with Gasteiger partial charge in [0.25, 0.3) is 11.6 Å². The number of halogens is 1. The van der Waals surface area contributed by atoms with E-state index in [1.165, 1.54) is 18.2 Å². The molecule has 1 amide bonds. The second-order valence-electron chi connectivity index (χ2n) is 5.46. The van der Waals surface area contributed by atoms with E-state index in [0.29, 0.717) is 0 Å². The van der Waals surface area contributed by atoms with E-state index < -0.39 is 10.8 Å². The minimum absolute atomic E-state index is 0.0433. The van der Waals surface area contributed by atoms with Crippen LogP contribution in [-0.4, -0.2) is 10.8 Å². The first-order chi connectivity index (χ1) is 10.8. The highest BCUT2D eigenvalue weighted by Gasteiger charge is 2.22. The summed E-state index contributed by atoms with van der Waals surface area (Å²) in [4.78, 5) is 22.9. The highest BCUT2D eigenvalue weighted by atomic mass is 35.5. The third-order valence-corrected chi connectivity index (χ3v) is 4.01. The van der Waals surface area contributed by atoms with E-state index in [1.807, 2.05) is 39.0 Å². The lowest BCUT2D eigenvalue weighted by atomic mass is 10.0. The van der Waals surface area contributed by atoms with E-state index in [0.717, 1.165) is 16.7 Å². The Labute approximate surface area is 139 Å². The van der Waals surface area contributed by atoms with Crippen LogP contribution in [0.3, 0.4) is 0 Å². The fourth-order valence-corrected chi connectivity index (χ4v) is 2.41. The largest absolute Gasteiger partial charge is 0.345 e. The maximum Gasteiger partial charge on any atom is 0.282 e. The Hall–Kier alpha value is -2.40. The van der Waals surface area contributed by atoms with Crippen LogP contribution in [0.5, 0.6) is 0 Å². The van der Waals surface area contributed by atoms with Crippen molar-refractivity contribution in [3.8, 4) is 0 Å². The number of nitro benzene ring substituents is 1. The highest BCUT2D eigenvalue weighted by molar-refractivity contribution is 6.31. The van der Waals surface area contributed by atoms with Gasteiger partial charge in [-0.15, -0.1) is 0 Å². The third-order valence-electron chi connectivity index (χ3n) is 3.78. The number of nitrogens with one attached hydrogen (secondary N) is 1. The van der Waals surface area contributed by atoms with Crippen LogP contribution >= 0.6 is 11.6 Å². The van der Waals surface area contributed by atoms with Gasteiger partial charge >= 0.3 is 0 Å². The van der Waals surface area contributed by atoms with Crippen molar-refractivity contribution in [1.29, 1.82) is 0 Å². The van der Waals surface area contributed by atoms with Gasteiger partial charge in [-0.1, -0.05) is 29.8 Å². The molecule has 2 rings (SSSR count). The van der Waals surface area contributed by atoms with Crippen molar-refractivity contribution in [2.24, 2.45) is 0 Å². The van der Waals surface area contributed by atoms with Gasteiger partial charge in [0, 0.05) is 11.1 Å². The van der Waals surface area contributed by atoms with Crippen LogP contribution in [0.1, 0.15) is 40.0 Å². The molecular weight excluding hydrogens is 316 g/mol. The SMILES string of the molecule is Cc1ccc([C@H](C)NC(=O)c2cc(Cl)ccc2[N+](=O)[O-])cc1C. The minimum atomic E-state index is -0.591. The molecule has 0 aromatic heterocycles. The van der Waals surface area contributed by atoms with E-state index >= 15 is 0 Å². The summed E-state index contributed by atoms with van der Waals surface area (Å²) in [6, 6.07) is 9.56. The van der Waals surface area contributed by atoms with Crippen molar-refractivity contribution in [1.82, 2.24) is 5.32 Å². The standard InChI is InChI=1S/C17H17ClN2O3/c1-10-4-5-13(8-11(10)2)12(3)19-17(21)15-9-14(18)6-7-16(15)20(22)23/h4-9,12H,1-3H3,(H,19,21)/t12-/m0/s1. The zero-order valence-electron chi connectivity index (χ0n) is 13.1. The zero-order chi connectivity index (χ0) is 17.1. The predicted molar refractivity (Wildman–Crippen MR) is 89.9 cm³/mol. The average Bonchev–Trinajstić information content (AvgIpc) is 2.49.